The zero-order chi connectivity index (χ0) is 12.3. The van der Waals surface area contributed by atoms with E-state index in [0.29, 0.717) is 17.8 Å². The molecule has 1 saturated heterocycles. The first-order chi connectivity index (χ1) is 7.41. The van der Waals surface area contributed by atoms with Gasteiger partial charge in [-0.3, -0.25) is 4.79 Å². The van der Waals surface area contributed by atoms with Crippen LogP contribution in [0.5, 0.6) is 0 Å². The van der Waals surface area contributed by atoms with Crippen LogP contribution in [0.1, 0.15) is 41.0 Å². The Kier molecular flexibility index (Phi) is 4.57. The molecular weight excluding hydrogens is 200 g/mol. The molecule has 0 spiro atoms. The fourth-order valence-corrected chi connectivity index (χ4v) is 2.29. The van der Waals surface area contributed by atoms with E-state index in [9.17, 15) is 4.79 Å². The molecule has 1 heterocycles. The average Bonchev–Trinajstić information content (AvgIpc) is 2.20. The zero-order valence-electron chi connectivity index (χ0n) is 11.1. The molecule has 1 aliphatic heterocycles. The fraction of sp³-hybridized carbons (Fsp3) is 0.786. The van der Waals surface area contributed by atoms with Crippen molar-refractivity contribution in [3.63, 3.8) is 0 Å². The van der Waals surface area contributed by atoms with E-state index in [1.165, 1.54) is 0 Å². The van der Waals surface area contributed by atoms with E-state index in [4.69, 9.17) is 4.74 Å². The molecule has 0 N–H and O–H groups in total. The van der Waals surface area contributed by atoms with Crippen molar-refractivity contribution in [3.8, 4) is 0 Å². The Bertz CT molecular complexity index is 268. The molecule has 4 atom stereocenters. The first-order valence-electron chi connectivity index (χ1n) is 6.30. The van der Waals surface area contributed by atoms with Crippen molar-refractivity contribution in [2.24, 2.45) is 23.7 Å². The summed E-state index contributed by atoms with van der Waals surface area (Å²) in [4.78, 5) is 11.5. The van der Waals surface area contributed by atoms with E-state index in [-0.39, 0.29) is 18.0 Å². The van der Waals surface area contributed by atoms with Gasteiger partial charge in [0.05, 0.1) is 5.92 Å². The van der Waals surface area contributed by atoms with Crippen molar-refractivity contribution < 1.29 is 9.53 Å². The molecule has 92 valence electrons. The Morgan fingerprint density at radius 2 is 1.88 bits per heavy atom. The molecule has 0 aromatic carbocycles. The number of cyclic esters (lactones) is 1. The lowest BCUT2D eigenvalue weighted by atomic mass is 9.83. The van der Waals surface area contributed by atoms with Gasteiger partial charge in [0.1, 0.15) is 6.10 Å². The summed E-state index contributed by atoms with van der Waals surface area (Å²) in [6, 6.07) is 0. The molecular formula is C14H24O2. The predicted octanol–water partition coefficient (Wildman–Crippen LogP) is 3.42. The third kappa shape index (κ3) is 3.36. The van der Waals surface area contributed by atoms with Gasteiger partial charge >= 0.3 is 5.97 Å². The van der Waals surface area contributed by atoms with Crippen molar-refractivity contribution in [2.75, 3.05) is 0 Å². The number of hydrogen-bond acceptors (Lipinski definition) is 2. The highest BCUT2D eigenvalue weighted by Gasteiger charge is 2.34. The molecule has 2 nitrogen and oxygen atoms in total. The van der Waals surface area contributed by atoms with Crippen LogP contribution in [0.2, 0.25) is 0 Å². The second-order valence-corrected chi connectivity index (χ2v) is 5.50. The molecule has 0 bridgehead atoms. The summed E-state index contributed by atoms with van der Waals surface area (Å²) in [5.41, 5.74) is 0. The van der Waals surface area contributed by atoms with Gasteiger partial charge in [0.25, 0.3) is 0 Å². The molecule has 0 aromatic rings. The number of carbonyl (C=O) groups is 1. The van der Waals surface area contributed by atoms with Crippen molar-refractivity contribution in [3.05, 3.63) is 12.2 Å². The van der Waals surface area contributed by atoms with Crippen LogP contribution >= 0.6 is 0 Å². The Balaban J connectivity index is 2.61. The molecule has 1 rings (SSSR count). The minimum absolute atomic E-state index is 0.0344. The van der Waals surface area contributed by atoms with E-state index in [0.717, 1.165) is 6.42 Å². The SMILES string of the molecule is CC(C)/C=C/C(C)C1OC(=O)C(C)CC1C. The minimum Gasteiger partial charge on any atom is -0.461 e. The smallest absolute Gasteiger partial charge is 0.308 e. The van der Waals surface area contributed by atoms with Gasteiger partial charge < -0.3 is 4.74 Å². The lowest BCUT2D eigenvalue weighted by molar-refractivity contribution is -0.166. The Morgan fingerprint density at radius 1 is 1.25 bits per heavy atom. The summed E-state index contributed by atoms with van der Waals surface area (Å²) < 4.78 is 5.51. The van der Waals surface area contributed by atoms with Gasteiger partial charge in [-0.1, -0.05) is 46.8 Å². The topological polar surface area (TPSA) is 26.3 Å². The standard InChI is InChI=1S/C14H24O2/c1-9(2)6-7-10(3)13-11(4)8-12(5)14(15)16-13/h6-7,9-13H,8H2,1-5H3/b7-6+. The largest absolute Gasteiger partial charge is 0.461 e. The van der Waals surface area contributed by atoms with E-state index in [1.807, 2.05) is 6.92 Å². The highest BCUT2D eigenvalue weighted by molar-refractivity contribution is 5.73. The first-order valence-corrected chi connectivity index (χ1v) is 6.30. The van der Waals surface area contributed by atoms with E-state index in [1.54, 1.807) is 0 Å². The molecule has 0 radical (unpaired) electrons. The number of rotatable bonds is 3. The van der Waals surface area contributed by atoms with E-state index < -0.39 is 0 Å². The van der Waals surface area contributed by atoms with Crippen LogP contribution in [0.4, 0.5) is 0 Å². The Labute approximate surface area is 99.1 Å². The lowest BCUT2D eigenvalue weighted by Crippen LogP contribution is -2.39. The molecule has 0 aliphatic carbocycles. The van der Waals surface area contributed by atoms with Gasteiger partial charge in [0.15, 0.2) is 0 Å². The van der Waals surface area contributed by atoms with Gasteiger partial charge in [-0.2, -0.15) is 0 Å². The number of carbonyl (C=O) groups excluding carboxylic acids is 1. The second kappa shape index (κ2) is 5.51. The summed E-state index contributed by atoms with van der Waals surface area (Å²) in [7, 11) is 0. The van der Waals surface area contributed by atoms with Crippen LogP contribution in [0.15, 0.2) is 12.2 Å². The van der Waals surface area contributed by atoms with Gasteiger partial charge in [0.2, 0.25) is 0 Å². The summed E-state index contributed by atoms with van der Waals surface area (Å²) in [6.45, 7) is 10.6. The number of hydrogen-bond donors (Lipinski definition) is 0. The molecule has 1 aliphatic rings. The third-order valence-electron chi connectivity index (χ3n) is 3.26. The minimum atomic E-state index is -0.0344. The van der Waals surface area contributed by atoms with Crippen molar-refractivity contribution >= 4 is 5.97 Å². The normalized spacial score (nSPS) is 33.1. The van der Waals surface area contributed by atoms with E-state index >= 15 is 0 Å². The maximum absolute atomic E-state index is 11.5. The lowest BCUT2D eigenvalue weighted by Gasteiger charge is -2.34. The molecule has 0 aromatic heterocycles. The highest BCUT2D eigenvalue weighted by Crippen LogP contribution is 2.30. The highest BCUT2D eigenvalue weighted by atomic mass is 16.5. The maximum Gasteiger partial charge on any atom is 0.308 e. The monoisotopic (exact) mass is 224 g/mol. The van der Waals surface area contributed by atoms with Gasteiger partial charge in [-0.25, -0.2) is 0 Å². The van der Waals surface area contributed by atoms with Crippen LogP contribution in [-0.2, 0) is 9.53 Å². The van der Waals surface area contributed by atoms with Crippen molar-refractivity contribution in [1.29, 1.82) is 0 Å². The van der Waals surface area contributed by atoms with Crippen molar-refractivity contribution in [2.45, 2.75) is 47.1 Å². The second-order valence-electron chi connectivity index (χ2n) is 5.50. The van der Waals surface area contributed by atoms with Gasteiger partial charge in [0, 0.05) is 5.92 Å². The Hall–Kier alpha value is -0.790. The third-order valence-corrected chi connectivity index (χ3v) is 3.26. The number of esters is 1. The molecule has 1 fully saturated rings. The molecule has 4 unspecified atom stereocenters. The number of ether oxygens (including phenoxy) is 1. The van der Waals surface area contributed by atoms with Crippen LogP contribution in [0.25, 0.3) is 0 Å². The summed E-state index contributed by atoms with van der Waals surface area (Å²) >= 11 is 0. The van der Waals surface area contributed by atoms with E-state index in [2.05, 4.69) is 39.8 Å². The van der Waals surface area contributed by atoms with Gasteiger partial charge in [-0.15, -0.1) is 0 Å². The molecule has 0 saturated carbocycles. The van der Waals surface area contributed by atoms with Crippen LogP contribution in [0.3, 0.4) is 0 Å². The van der Waals surface area contributed by atoms with Crippen molar-refractivity contribution in [1.82, 2.24) is 0 Å². The Morgan fingerprint density at radius 3 is 2.44 bits per heavy atom. The summed E-state index contributed by atoms with van der Waals surface area (Å²) in [6.07, 6.45) is 5.36. The number of allylic oxidation sites excluding steroid dienone is 1. The fourth-order valence-electron chi connectivity index (χ4n) is 2.29. The first kappa shape index (κ1) is 13.3. The van der Waals surface area contributed by atoms with Crippen LogP contribution < -0.4 is 0 Å². The quantitative estimate of drug-likeness (QED) is 0.542. The van der Waals surface area contributed by atoms with Crippen LogP contribution in [0, 0.1) is 23.7 Å². The predicted molar refractivity (Wildman–Crippen MR) is 66.0 cm³/mol. The molecule has 16 heavy (non-hydrogen) atoms. The van der Waals surface area contributed by atoms with Crippen LogP contribution in [-0.4, -0.2) is 12.1 Å². The summed E-state index contributed by atoms with van der Waals surface area (Å²) in [5.74, 6) is 1.35. The molecule has 2 heteroatoms. The summed E-state index contributed by atoms with van der Waals surface area (Å²) in [5, 5.41) is 0. The maximum atomic E-state index is 11.5. The molecule has 0 amide bonds. The zero-order valence-corrected chi connectivity index (χ0v) is 11.1. The average molecular weight is 224 g/mol. The van der Waals surface area contributed by atoms with Gasteiger partial charge in [-0.05, 0) is 18.3 Å².